The molecule has 0 saturated heterocycles. The van der Waals surface area contributed by atoms with Gasteiger partial charge in [0.15, 0.2) is 0 Å². The largest absolute Gasteiger partial charge is 0.464 e. The van der Waals surface area contributed by atoms with Gasteiger partial charge in [-0.1, -0.05) is 13.8 Å². The molecule has 0 aliphatic heterocycles. The average Bonchev–Trinajstić information content (AvgIpc) is 2.24. The Balaban J connectivity index is 0.000000791. The quantitative estimate of drug-likeness (QED) is 0.646. The van der Waals surface area contributed by atoms with Crippen LogP contribution in [0.4, 0.5) is 0 Å². The Labute approximate surface area is 85.1 Å². The van der Waals surface area contributed by atoms with Crippen molar-refractivity contribution in [3.05, 3.63) is 29.1 Å². The Hall–Kier alpha value is -1.38. The van der Waals surface area contributed by atoms with Gasteiger partial charge in [0.2, 0.25) is 0 Å². The molecule has 1 heterocycles. The van der Waals surface area contributed by atoms with Gasteiger partial charge in [-0.05, 0) is 31.0 Å². The van der Waals surface area contributed by atoms with E-state index in [0.29, 0.717) is 5.69 Å². The number of aryl methyl sites for hydroxylation is 2. The number of methoxy groups -OCH3 is 1. The van der Waals surface area contributed by atoms with Gasteiger partial charge in [-0.3, -0.25) is 0 Å². The van der Waals surface area contributed by atoms with Crippen LogP contribution in [0.2, 0.25) is 0 Å². The minimum atomic E-state index is -0.391. The number of rotatable bonds is 1. The van der Waals surface area contributed by atoms with Gasteiger partial charge in [0.25, 0.3) is 0 Å². The summed E-state index contributed by atoms with van der Waals surface area (Å²) < 4.78 is 4.53. The molecule has 0 spiro atoms. The second kappa shape index (κ2) is 6.13. The van der Waals surface area contributed by atoms with Crippen molar-refractivity contribution in [2.24, 2.45) is 0 Å². The van der Waals surface area contributed by atoms with Crippen LogP contribution >= 0.6 is 0 Å². The van der Waals surface area contributed by atoms with Crippen molar-refractivity contribution in [1.29, 1.82) is 0 Å². The molecule has 0 aromatic carbocycles. The molecule has 0 amide bonds. The van der Waals surface area contributed by atoms with Crippen LogP contribution in [0.15, 0.2) is 12.3 Å². The Morgan fingerprint density at radius 3 is 2.29 bits per heavy atom. The molecule has 14 heavy (non-hydrogen) atoms. The van der Waals surface area contributed by atoms with E-state index in [9.17, 15) is 4.79 Å². The highest BCUT2D eigenvalue weighted by molar-refractivity contribution is 5.87. The molecular formula is C11H17NO2. The van der Waals surface area contributed by atoms with Crippen molar-refractivity contribution in [3.8, 4) is 0 Å². The Kier molecular flexibility index (Phi) is 5.53. The maximum atomic E-state index is 11.0. The monoisotopic (exact) mass is 195 g/mol. The van der Waals surface area contributed by atoms with Crippen molar-refractivity contribution >= 4 is 5.97 Å². The summed E-state index contributed by atoms with van der Waals surface area (Å²) >= 11 is 0. The molecule has 0 unspecified atom stereocenters. The zero-order valence-corrected chi connectivity index (χ0v) is 9.42. The smallest absolute Gasteiger partial charge is 0.356 e. The van der Waals surface area contributed by atoms with Crippen LogP contribution < -0.4 is 0 Å². The SMILES string of the molecule is CC.COC(=O)c1cc(C)c(C)cn1. The molecule has 1 aromatic heterocycles. The van der Waals surface area contributed by atoms with E-state index >= 15 is 0 Å². The summed E-state index contributed by atoms with van der Waals surface area (Å²) in [7, 11) is 1.35. The predicted octanol–water partition coefficient (Wildman–Crippen LogP) is 2.51. The summed E-state index contributed by atoms with van der Waals surface area (Å²) in [6.07, 6.45) is 1.67. The van der Waals surface area contributed by atoms with Gasteiger partial charge in [-0.15, -0.1) is 0 Å². The lowest BCUT2D eigenvalue weighted by Gasteiger charge is -2.01. The average molecular weight is 195 g/mol. The summed E-state index contributed by atoms with van der Waals surface area (Å²) in [5.74, 6) is -0.391. The second-order valence-corrected chi connectivity index (χ2v) is 2.65. The molecule has 3 heteroatoms. The Bertz CT molecular complexity index is 308. The van der Waals surface area contributed by atoms with Gasteiger partial charge in [-0.25, -0.2) is 9.78 Å². The third-order valence-electron chi connectivity index (χ3n) is 1.77. The van der Waals surface area contributed by atoms with E-state index in [1.54, 1.807) is 12.3 Å². The Morgan fingerprint density at radius 2 is 1.86 bits per heavy atom. The van der Waals surface area contributed by atoms with E-state index < -0.39 is 5.97 Å². The number of carbonyl (C=O) groups is 1. The van der Waals surface area contributed by atoms with Gasteiger partial charge in [0.05, 0.1) is 7.11 Å². The fourth-order valence-electron chi connectivity index (χ4n) is 0.841. The molecule has 0 atom stereocenters. The standard InChI is InChI=1S/C9H11NO2.C2H6/c1-6-4-8(9(11)12-3)10-5-7(6)2;1-2/h4-5H,1-3H3;1-2H3. The number of aromatic nitrogens is 1. The molecular weight excluding hydrogens is 178 g/mol. The zero-order valence-electron chi connectivity index (χ0n) is 9.42. The first-order chi connectivity index (χ1) is 6.65. The van der Waals surface area contributed by atoms with E-state index in [4.69, 9.17) is 0 Å². The summed E-state index contributed by atoms with van der Waals surface area (Å²) in [4.78, 5) is 14.9. The highest BCUT2D eigenvalue weighted by Gasteiger charge is 2.06. The maximum absolute atomic E-state index is 11.0. The number of nitrogens with zero attached hydrogens (tertiary/aromatic N) is 1. The third kappa shape index (κ3) is 3.17. The number of pyridine rings is 1. The second-order valence-electron chi connectivity index (χ2n) is 2.65. The maximum Gasteiger partial charge on any atom is 0.356 e. The molecule has 78 valence electrons. The summed E-state index contributed by atoms with van der Waals surface area (Å²) in [6, 6.07) is 1.72. The molecule has 1 aromatic rings. The molecule has 3 nitrogen and oxygen atoms in total. The summed E-state index contributed by atoms with van der Waals surface area (Å²) in [6.45, 7) is 7.88. The normalized spacial score (nSPS) is 8.64. The van der Waals surface area contributed by atoms with Crippen molar-refractivity contribution in [3.63, 3.8) is 0 Å². The van der Waals surface area contributed by atoms with Gasteiger partial charge >= 0.3 is 5.97 Å². The van der Waals surface area contributed by atoms with Gasteiger partial charge in [0, 0.05) is 6.20 Å². The van der Waals surface area contributed by atoms with Crippen LogP contribution in [0.3, 0.4) is 0 Å². The van der Waals surface area contributed by atoms with Crippen LogP contribution in [0.5, 0.6) is 0 Å². The minimum Gasteiger partial charge on any atom is -0.464 e. The Morgan fingerprint density at radius 1 is 1.29 bits per heavy atom. The lowest BCUT2D eigenvalue weighted by Crippen LogP contribution is -2.04. The first-order valence-electron chi connectivity index (χ1n) is 4.66. The first kappa shape index (κ1) is 12.6. The molecule has 0 fully saturated rings. The van der Waals surface area contributed by atoms with E-state index in [0.717, 1.165) is 11.1 Å². The van der Waals surface area contributed by atoms with E-state index in [2.05, 4.69) is 9.72 Å². The molecule has 0 aliphatic carbocycles. The molecule has 1 rings (SSSR count). The molecule has 0 saturated carbocycles. The van der Waals surface area contributed by atoms with Crippen LogP contribution in [0.25, 0.3) is 0 Å². The highest BCUT2D eigenvalue weighted by atomic mass is 16.5. The van der Waals surface area contributed by atoms with Crippen molar-refractivity contribution in [2.75, 3.05) is 7.11 Å². The number of carbonyl (C=O) groups excluding carboxylic acids is 1. The molecule has 0 aliphatic rings. The van der Waals surface area contributed by atoms with Crippen LogP contribution in [0.1, 0.15) is 35.5 Å². The first-order valence-corrected chi connectivity index (χ1v) is 4.66. The van der Waals surface area contributed by atoms with E-state index in [-0.39, 0.29) is 0 Å². The lowest BCUT2D eigenvalue weighted by atomic mass is 10.1. The van der Waals surface area contributed by atoms with Gasteiger partial charge in [-0.2, -0.15) is 0 Å². The number of hydrogen-bond acceptors (Lipinski definition) is 3. The summed E-state index contributed by atoms with van der Waals surface area (Å²) in [5, 5.41) is 0. The fraction of sp³-hybridized carbons (Fsp3) is 0.455. The number of hydrogen-bond donors (Lipinski definition) is 0. The van der Waals surface area contributed by atoms with E-state index in [1.807, 2.05) is 27.7 Å². The van der Waals surface area contributed by atoms with Gasteiger partial charge < -0.3 is 4.74 Å². The minimum absolute atomic E-state index is 0.362. The fourth-order valence-corrected chi connectivity index (χ4v) is 0.841. The zero-order chi connectivity index (χ0) is 11.1. The predicted molar refractivity (Wildman–Crippen MR) is 56.4 cm³/mol. The molecule has 0 bridgehead atoms. The number of esters is 1. The highest BCUT2D eigenvalue weighted by Crippen LogP contribution is 2.06. The van der Waals surface area contributed by atoms with Crippen molar-refractivity contribution in [1.82, 2.24) is 4.98 Å². The topological polar surface area (TPSA) is 39.2 Å². The van der Waals surface area contributed by atoms with Crippen molar-refractivity contribution in [2.45, 2.75) is 27.7 Å². The van der Waals surface area contributed by atoms with Crippen LogP contribution in [-0.4, -0.2) is 18.1 Å². The van der Waals surface area contributed by atoms with Crippen molar-refractivity contribution < 1.29 is 9.53 Å². The lowest BCUT2D eigenvalue weighted by molar-refractivity contribution is 0.0594. The third-order valence-corrected chi connectivity index (χ3v) is 1.77. The summed E-state index contributed by atoms with van der Waals surface area (Å²) in [5.41, 5.74) is 2.48. The van der Waals surface area contributed by atoms with Crippen LogP contribution in [-0.2, 0) is 4.74 Å². The molecule has 0 N–H and O–H groups in total. The van der Waals surface area contributed by atoms with Crippen LogP contribution in [0, 0.1) is 13.8 Å². The van der Waals surface area contributed by atoms with Gasteiger partial charge in [0.1, 0.15) is 5.69 Å². The molecule has 0 radical (unpaired) electrons. The van der Waals surface area contributed by atoms with E-state index in [1.165, 1.54) is 7.11 Å². The number of ether oxygens (including phenoxy) is 1.